The van der Waals surface area contributed by atoms with Crippen LogP contribution in [0.15, 0.2) is 18.2 Å². The lowest BCUT2D eigenvalue weighted by Crippen LogP contribution is -2.22. The molecule has 1 fully saturated rings. The molecular formula is C14H19N3. The molecule has 1 saturated carbocycles. The zero-order chi connectivity index (χ0) is 12.2. The molecule has 1 aliphatic rings. The van der Waals surface area contributed by atoms with Gasteiger partial charge in [0.2, 0.25) is 0 Å². The summed E-state index contributed by atoms with van der Waals surface area (Å²) in [4.78, 5) is 4.72. The van der Waals surface area contributed by atoms with Gasteiger partial charge in [0.25, 0.3) is 0 Å². The topological polar surface area (TPSA) is 43.3 Å². The van der Waals surface area contributed by atoms with E-state index in [0.29, 0.717) is 5.92 Å². The van der Waals surface area contributed by atoms with Crippen molar-refractivity contribution in [1.29, 1.82) is 0 Å². The highest BCUT2D eigenvalue weighted by Gasteiger charge is 2.42. The lowest BCUT2D eigenvalue weighted by molar-refractivity contribution is 0.687. The summed E-state index contributed by atoms with van der Waals surface area (Å²) >= 11 is 0. The van der Waals surface area contributed by atoms with Crippen LogP contribution in [0, 0.1) is 6.92 Å². The summed E-state index contributed by atoms with van der Waals surface area (Å²) in [5.74, 6) is 0.454. The van der Waals surface area contributed by atoms with Crippen molar-refractivity contribution in [2.45, 2.75) is 45.1 Å². The molecule has 90 valence electrons. The molecule has 2 aromatic heterocycles. The van der Waals surface area contributed by atoms with Crippen molar-refractivity contribution < 1.29 is 0 Å². The van der Waals surface area contributed by atoms with Gasteiger partial charge in [-0.15, -0.1) is 0 Å². The third-order valence-corrected chi connectivity index (χ3v) is 3.76. The summed E-state index contributed by atoms with van der Waals surface area (Å²) in [6.07, 6.45) is 2.17. The number of rotatable bonds is 2. The Kier molecular flexibility index (Phi) is 2.11. The van der Waals surface area contributed by atoms with Crippen molar-refractivity contribution in [3.63, 3.8) is 0 Å². The molecule has 1 aliphatic carbocycles. The molecule has 3 heteroatoms. The van der Waals surface area contributed by atoms with Gasteiger partial charge in [0.05, 0.1) is 11.2 Å². The van der Waals surface area contributed by atoms with Gasteiger partial charge in [0.1, 0.15) is 5.65 Å². The zero-order valence-corrected chi connectivity index (χ0v) is 10.7. The van der Waals surface area contributed by atoms with E-state index in [9.17, 15) is 0 Å². The molecule has 0 amide bonds. The van der Waals surface area contributed by atoms with Gasteiger partial charge in [-0.25, -0.2) is 4.98 Å². The number of imidazole rings is 1. The molecule has 0 aromatic carbocycles. The van der Waals surface area contributed by atoms with E-state index in [4.69, 9.17) is 10.7 Å². The number of hydrogen-bond donors (Lipinski definition) is 1. The van der Waals surface area contributed by atoms with E-state index in [1.165, 1.54) is 17.1 Å². The van der Waals surface area contributed by atoms with E-state index in [1.54, 1.807) is 0 Å². The summed E-state index contributed by atoms with van der Waals surface area (Å²) in [6.45, 7) is 6.51. The summed E-state index contributed by atoms with van der Waals surface area (Å²) in [5.41, 5.74) is 10.9. The Balaban J connectivity index is 2.31. The first kappa shape index (κ1) is 10.8. The fourth-order valence-electron chi connectivity index (χ4n) is 2.58. The maximum atomic E-state index is 6.34. The van der Waals surface area contributed by atoms with Crippen molar-refractivity contribution in [3.8, 4) is 0 Å². The number of nitrogens with zero attached hydrogens (tertiary/aromatic N) is 2. The molecule has 0 spiro atoms. The van der Waals surface area contributed by atoms with Crippen LogP contribution in [0.1, 0.15) is 49.7 Å². The highest BCUT2D eigenvalue weighted by atomic mass is 15.1. The van der Waals surface area contributed by atoms with E-state index < -0.39 is 0 Å². The van der Waals surface area contributed by atoms with Gasteiger partial charge in [0, 0.05) is 11.4 Å². The van der Waals surface area contributed by atoms with Crippen LogP contribution in [0.4, 0.5) is 0 Å². The lowest BCUT2D eigenvalue weighted by Gasteiger charge is -2.13. The molecule has 0 unspecified atom stereocenters. The molecular weight excluding hydrogens is 210 g/mol. The first-order valence-corrected chi connectivity index (χ1v) is 6.30. The monoisotopic (exact) mass is 229 g/mol. The van der Waals surface area contributed by atoms with Gasteiger partial charge in [-0.3, -0.25) is 4.40 Å². The van der Waals surface area contributed by atoms with Crippen LogP contribution in [0.2, 0.25) is 0 Å². The van der Waals surface area contributed by atoms with E-state index in [1.807, 2.05) is 0 Å². The Bertz CT molecular complexity index is 576. The largest absolute Gasteiger partial charge is 0.320 e. The standard InChI is InChI=1S/C14H19N3/c1-9(2)13-10(3)17-11(14(15)7-8-14)5-4-6-12(17)16-13/h4-6,9H,7-8,15H2,1-3H3. The van der Waals surface area contributed by atoms with Crippen LogP contribution < -0.4 is 5.73 Å². The molecule has 0 saturated heterocycles. The van der Waals surface area contributed by atoms with Crippen LogP contribution in [0.25, 0.3) is 5.65 Å². The second-order valence-electron chi connectivity index (χ2n) is 5.50. The van der Waals surface area contributed by atoms with E-state index in [-0.39, 0.29) is 5.54 Å². The Morgan fingerprint density at radius 1 is 1.35 bits per heavy atom. The molecule has 0 atom stereocenters. The van der Waals surface area contributed by atoms with Crippen molar-refractivity contribution in [2.75, 3.05) is 0 Å². The average Bonchev–Trinajstić information content (AvgIpc) is 2.94. The molecule has 0 bridgehead atoms. The van der Waals surface area contributed by atoms with Gasteiger partial charge in [-0.1, -0.05) is 19.9 Å². The van der Waals surface area contributed by atoms with Gasteiger partial charge in [-0.2, -0.15) is 0 Å². The van der Waals surface area contributed by atoms with Gasteiger partial charge >= 0.3 is 0 Å². The van der Waals surface area contributed by atoms with Crippen molar-refractivity contribution in [3.05, 3.63) is 35.3 Å². The maximum Gasteiger partial charge on any atom is 0.137 e. The highest BCUT2D eigenvalue weighted by Crippen LogP contribution is 2.43. The van der Waals surface area contributed by atoms with E-state index >= 15 is 0 Å². The molecule has 2 N–H and O–H groups in total. The maximum absolute atomic E-state index is 6.34. The minimum Gasteiger partial charge on any atom is -0.320 e. The molecule has 17 heavy (non-hydrogen) atoms. The first-order chi connectivity index (χ1) is 8.03. The molecule has 2 aromatic rings. The number of fused-ring (bicyclic) bond motifs is 1. The SMILES string of the molecule is Cc1c(C(C)C)nc2cccc(C3(N)CC3)n12. The number of aryl methyl sites for hydroxylation is 1. The van der Waals surface area contributed by atoms with Gasteiger partial charge < -0.3 is 5.73 Å². The molecule has 3 rings (SSSR count). The molecule has 2 heterocycles. The van der Waals surface area contributed by atoms with Crippen molar-refractivity contribution in [1.82, 2.24) is 9.38 Å². The minimum absolute atomic E-state index is 0.112. The summed E-state index contributed by atoms with van der Waals surface area (Å²) < 4.78 is 2.24. The second kappa shape index (κ2) is 3.33. The van der Waals surface area contributed by atoms with Crippen LogP contribution in [0.3, 0.4) is 0 Å². The number of pyridine rings is 1. The van der Waals surface area contributed by atoms with Crippen molar-refractivity contribution in [2.24, 2.45) is 5.73 Å². The molecule has 3 nitrogen and oxygen atoms in total. The normalized spacial score (nSPS) is 17.9. The number of aromatic nitrogens is 2. The zero-order valence-electron chi connectivity index (χ0n) is 10.7. The Hall–Kier alpha value is -1.35. The van der Waals surface area contributed by atoms with Crippen LogP contribution in [-0.4, -0.2) is 9.38 Å². The molecule has 0 aliphatic heterocycles. The van der Waals surface area contributed by atoms with Crippen LogP contribution >= 0.6 is 0 Å². The average molecular weight is 229 g/mol. The second-order valence-corrected chi connectivity index (χ2v) is 5.50. The van der Waals surface area contributed by atoms with Gasteiger partial charge in [0.15, 0.2) is 0 Å². The Morgan fingerprint density at radius 2 is 2.06 bits per heavy atom. The summed E-state index contributed by atoms with van der Waals surface area (Å²) in [5, 5.41) is 0. The molecule has 0 radical (unpaired) electrons. The van der Waals surface area contributed by atoms with Gasteiger partial charge in [-0.05, 0) is 37.8 Å². The fraction of sp³-hybridized carbons (Fsp3) is 0.500. The third-order valence-electron chi connectivity index (χ3n) is 3.76. The predicted molar refractivity (Wildman–Crippen MR) is 69.1 cm³/mol. The fourth-order valence-corrected chi connectivity index (χ4v) is 2.58. The Morgan fingerprint density at radius 3 is 2.65 bits per heavy atom. The van der Waals surface area contributed by atoms with Crippen molar-refractivity contribution >= 4 is 5.65 Å². The van der Waals surface area contributed by atoms with Crippen LogP contribution in [0.5, 0.6) is 0 Å². The first-order valence-electron chi connectivity index (χ1n) is 6.30. The smallest absolute Gasteiger partial charge is 0.137 e. The quantitative estimate of drug-likeness (QED) is 0.860. The highest BCUT2D eigenvalue weighted by molar-refractivity contribution is 5.47. The Labute approximate surface area is 102 Å². The lowest BCUT2D eigenvalue weighted by atomic mass is 10.1. The van der Waals surface area contributed by atoms with E-state index in [0.717, 1.165) is 18.5 Å². The van der Waals surface area contributed by atoms with Crippen LogP contribution in [-0.2, 0) is 5.54 Å². The number of nitrogens with two attached hydrogens (primary N) is 1. The summed E-state index contributed by atoms with van der Waals surface area (Å²) in [6, 6.07) is 6.26. The number of hydrogen-bond acceptors (Lipinski definition) is 2. The van der Waals surface area contributed by atoms with E-state index in [2.05, 4.69) is 43.4 Å². The third kappa shape index (κ3) is 1.49. The summed E-state index contributed by atoms with van der Waals surface area (Å²) in [7, 11) is 0. The minimum atomic E-state index is -0.112. The predicted octanol–water partition coefficient (Wildman–Crippen LogP) is 2.71.